The van der Waals surface area contributed by atoms with Gasteiger partial charge < -0.3 is 5.11 Å². The number of hydrogen-bond acceptors (Lipinski definition) is 4. The third-order valence-electron chi connectivity index (χ3n) is 3.41. The zero-order valence-corrected chi connectivity index (χ0v) is 11.6. The molecule has 6 nitrogen and oxygen atoms in total. The smallest absolute Gasteiger partial charge is 0.264 e. The summed E-state index contributed by atoms with van der Waals surface area (Å²) in [6.45, 7) is -0.195. The monoisotopic (exact) mass is 306 g/mol. The third kappa shape index (κ3) is 2.37. The molecule has 0 aliphatic rings. The van der Waals surface area contributed by atoms with Gasteiger partial charge in [-0.3, -0.25) is 14.0 Å². The van der Waals surface area contributed by atoms with Crippen LogP contribution in [0, 0.1) is 11.6 Å². The van der Waals surface area contributed by atoms with Crippen molar-refractivity contribution < 1.29 is 13.9 Å². The van der Waals surface area contributed by atoms with Gasteiger partial charge in [-0.1, -0.05) is 6.07 Å². The van der Waals surface area contributed by atoms with E-state index in [9.17, 15) is 18.7 Å². The molecule has 0 amide bonds. The van der Waals surface area contributed by atoms with E-state index in [-0.39, 0.29) is 17.7 Å². The fraction of sp³-hybridized carbons (Fsp3) is 0.214. The predicted octanol–water partition coefficient (Wildman–Crippen LogP) is 1.14. The Bertz CT molecular complexity index is 903. The van der Waals surface area contributed by atoms with E-state index in [1.54, 1.807) is 7.05 Å². The minimum absolute atomic E-state index is 0.0837. The van der Waals surface area contributed by atoms with Gasteiger partial charge in [-0.05, 0) is 6.07 Å². The zero-order valence-electron chi connectivity index (χ0n) is 11.6. The van der Waals surface area contributed by atoms with Crippen LogP contribution in [0.15, 0.2) is 35.5 Å². The van der Waals surface area contributed by atoms with Crippen LogP contribution in [0.4, 0.5) is 8.78 Å². The lowest BCUT2D eigenvalue weighted by atomic mass is 10.1. The van der Waals surface area contributed by atoms with Gasteiger partial charge in [0.1, 0.15) is 23.3 Å². The molecule has 3 rings (SSSR count). The maximum atomic E-state index is 13.6. The number of nitrogens with zero attached hydrogens (tertiary/aromatic N) is 4. The average molecular weight is 306 g/mol. The minimum Gasteiger partial charge on any atom is -0.386 e. The summed E-state index contributed by atoms with van der Waals surface area (Å²) in [6.07, 6.45) is 1.34. The molecule has 0 saturated carbocycles. The number of aryl methyl sites for hydroxylation is 1. The SMILES string of the molecule is Cn1ncc2c(=O)n(CC(O)c3ccc(F)cc3F)cnc21. The molecule has 1 aromatic carbocycles. The van der Waals surface area contributed by atoms with Crippen molar-refractivity contribution in [2.24, 2.45) is 7.05 Å². The summed E-state index contributed by atoms with van der Waals surface area (Å²) in [6, 6.07) is 2.88. The summed E-state index contributed by atoms with van der Waals surface area (Å²) in [5, 5.41) is 14.3. The first-order valence-electron chi connectivity index (χ1n) is 6.47. The van der Waals surface area contributed by atoms with Crippen molar-refractivity contribution in [2.75, 3.05) is 0 Å². The van der Waals surface area contributed by atoms with Gasteiger partial charge in [-0.25, -0.2) is 13.8 Å². The van der Waals surface area contributed by atoms with Crippen molar-refractivity contribution in [1.29, 1.82) is 0 Å². The number of aliphatic hydroxyl groups excluding tert-OH is 1. The molecule has 0 spiro atoms. The number of halogens is 2. The van der Waals surface area contributed by atoms with Gasteiger partial charge in [0.05, 0.1) is 18.8 Å². The second-order valence-corrected chi connectivity index (χ2v) is 4.89. The number of aromatic nitrogens is 4. The molecule has 0 fully saturated rings. The van der Waals surface area contributed by atoms with E-state index >= 15 is 0 Å². The van der Waals surface area contributed by atoms with Crippen molar-refractivity contribution >= 4 is 11.0 Å². The second kappa shape index (κ2) is 5.30. The Morgan fingerprint density at radius 1 is 1.36 bits per heavy atom. The van der Waals surface area contributed by atoms with Gasteiger partial charge in [-0.2, -0.15) is 5.10 Å². The molecule has 0 aliphatic heterocycles. The lowest BCUT2D eigenvalue weighted by Gasteiger charge is -2.13. The first kappa shape index (κ1) is 14.3. The summed E-state index contributed by atoms with van der Waals surface area (Å²) < 4.78 is 29.1. The van der Waals surface area contributed by atoms with Crippen LogP contribution in [0.5, 0.6) is 0 Å². The highest BCUT2D eigenvalue weighted by Gasteiger charge is 2.16. The van der Waals surface area contributed by atoms with Gasteiger partial charge in [0, 0.05) is 18.7 Å². The largest absolute Gasteiger partial charge is 0.386 e. The molecule has 114 valence electrons. The Hall–Kier alpha value is -2.61. The Balaban J connectivity index is 1.95. The van der Waals surface area contributed by atoms with Crippen molar-refractivity contribution in [1.82, 2.24) is 19.3 Å². The highest BCUT2D eigenvalue weighted by Crippen LogP contribution is 2.19. The van der Waals surface area contributed by atoms with Crippen molar-refractivity contribution in [3.63, 3.8) is 0 Å². The van der Waals surface area contributed by atoms with Gasteiger partial charge >= 0.3 is 0 Å². The Morgan fingerprint density at radius 2 is 2.14 bits per heavy atom. The van der Waals surface area contributed by atoms with Crippen molar-refractivity contribution in [2.45, 2.75) is 12.6 Å². The van der Waals surface area contributed by atoms with Crippen LogP contribution in [0.3, 0.4) is 0 Å². The highest BCUT2D eigenvalue weighted by atomic mass is 19.1. The van der Waals surface area contributed by atoms with Crippen molar-refractivity contribution in [3.8, 4) is 0 Å². The first-order chi connectivity index (χ1) is 10.5. The third-order valence-corrected chi connectivity index (χ3v) is 3.41. The van der Waals surface area contributed by atoms with Crippen molar-refractivity contribution in [3.05, 3.63) is 58.3 Å². The predicted molar refractivity (Wildman–Crippen MR) is 74.1 cm³/mol. The quantitative estimate of drug-likeness (QED) is 0.787. The van der Waals surface area contributed by atoms with E-state index in [0.717, 1.165) is 16.7 Å². The van der Waals surface area contributed by atoms with E-state index in [2.05, 4.69) is 10.1 Å². The molecule has 0 aliphatic carbocycles. The van der Waals surface area contributed by atoms with E-state index < -0.39 is 17.7 Å². The van der Waals surface area contributed by atoms with E-state index in [1.165, 1.54) is 17.2 Å². The van der Waals surface area contributed by atoms with Crippen LogP contribution in [0.25, 0.3) is 11.0 Å². The standard InChI is InChI=1S/C14H12F2N4O2/c1-19-13-10(5-18-19)14(22)20(7-17-13)6-12(21)9-3-2-8(15)4-11(9)16/h2-5,7,12,21H,6H2,1H3. The second-order valence-electron chi connectivity index (χ2n) is 4.89. The van der Waals surface area contributed by atoms with E-state index in [0.29, 0.717) is 17.1 Å². The zero-order chi connectivity index (χ0) is 15.9. The van der Waals surface area contributed by atoms with Gasteiger partial charge in [0.15, 0.2) is 5.65 Å². The van der Waals surface area contributed by atoms with Crippen LogP contribution in [-0.2, 0) is 13.6 Å². The van der Waals surface area contributed by atoms with Crippen LogP contribution >= 0.6 is 0 Å². The minimum atomic E-state index is -1.30. The topological polar surface area (TPSA) is 72.9 Å². The normalized spacial score (nSPS) is 12.7. The summed E-state index contributed by atoms with van der Waals surface area (Å²) in [4.78, 5) is 16.3. The van der Waals surface area contributed by atoms with Gasteiger partial charge in [-0.15, -0.1) is 0 Å². The molecule has 0 radical (unpaired) electrons. The number of fused-ring (bicyclic) bond motifs is 1. The molecule has 1 atom stereocenters. The molecule has 1 N–H and O–H groups in total. The Labute approximate surface area is 123 Å². The van der Waals surface area contributed by atoms with Gasteiger partial charge in [0.2, 0.25) is 0 Å². The fourth-order valence-corrected chi connectivity index (χ4v) is 2.25. The number of hydrogen-bond donors (Lipinski definition) is 1. The molecule has 2 aromatic heterocycles. The molecule has 22 heavy (non-hydrogen) atoms. The van der Waals surface area contributed by atoms with Crippen LogP contribution in [-0.4, -0.2) is 24.4 Å². The maximum absolute atomic E-state index is 13.6. The lowest BCUT2D eigenvalue weighted by molar-refractivity contribution is 0.150. The molecule has 1 unspecified atom stereocenters. The average Bonchev–Trinajstić information content (AvgIpc) is 2.84. The summed E-state index contributed by atoms with van der Waals surface area (Å²) in [5.74, 6) is -1.60. The molecule has 0 saturated heterocycles. The summed E-state index contributed by atoms with van der Waals surface area (Å²) in [5.41, 5.74) is -0.0528. The summed E-state index contributed by atoms with van der Waals surface area (Å²) >= 11 is 0. The number of benzene rings is 1. The molecular formula is C14H12F2N4O2. The number of rotatable bonds is 3. The highest BCUT2D eigenvalue weighted by molar-refractivity contribution is 5.72. The molecule has 2 heterocycles. The van der Waals surface area contributed by atoms with Crippen LogP contribution < -0.4 is 5.56 Å². The Kier molecular flexibility index (Phi) is 3.45. The Morgan fingerprint density at radius 3 is 2.86 bits per heavy atom. The lowest BCUT2D eigenvalue weighted by Crippen LogP contribution is -2.24. The fourth-order valence-electron chi connectivity index (χ4n) is 2.25. The van der Waals surface area contributed by atoms with Crippen LogP contribution in [0.2, 0.25) is 0 Å². The molecule has 8 heteroatoms. The molecule has 3 aromatic rings. The van der Waals surface area contributed by atoms with E-state index in [4.69, 9.17) is 0 Å². The first-order valence-corrected chi connectivity index (χ1v) is 6.47. The van der Waals surface area contributed by atoms with Crippen LogP contribution in [0.1, 0.15) is 11.7 Å². The molecule has 0 bridgehead atoms. The number of aliphatic hydroxyl groups is 1. The maximum Gasteiger partial charge on any atom is 0.264 e. The van der Waals surface area contributed by atoms with E-state index in [1.807, 2.05) is 0 Å². The molecular weight excluding hydrogens is 294 g/mol. The summed E-state index contributed by atoms with van der Waals surface area (Å²) in [7, 11) is 1.65. The van der Waals surface area contributed by atoms with Gasteiger partial charge in [0.25, 0.3) is 5.56 Å².